The van der Waals surface area contributed by atoms with Crippen LogP contribution in [0.15, 0.2) is 11.6 Å². The van der Waals surface area contributed by atoms with Gasteiger partial charge in [0.15, 0.2) is 0 Å². The lowest BCUT2D eigenvalue weighted by Gasteiger charge is -2.07. The molecule has 3 nitrogen and oxygen atoms in total. The Balaban J connectivity index is 0.000000146. The Morgan fingerprint density at radius 3 is 2.29 bits per heavy atom. The number of hydrogen-bond donors (Lipinski definition) is 0. The minimum Gasteiger partial charge on any atom is -0.462 e. The summed E-state index contributed by atoms with van der Waals surface area (Å²) in [6, 6.07) is 0. The molecular formula is C11H19NO2. The maximum atomic E-state index is 10.4. The predicted octanol–water partition coefficient (Wildman–Crippen LogP) is 1.59. The lowest BCUT2D eigenvalue weighted by molar-refractivity contribution is -0.138. The zero-order valence-electron chi connectivity index (χ0n) is 9.08. The van der Waals surface area contributed by atoms with E-state index < -0.39 is 0 Å². The van der Waals surface area contributed by atoms with Gasteiger partial charge in [-0.05, 0) is 39.9 Å². The summed E-state index contributed by atoms with van der Waals surface area (Å²) < 4.78 is 4.63. The minimum absolute atomic E-state index is 0.200. The van der Waals surface area contributed by atoms with Gasteiger partial charge < -0.3 is 9.64 Å². The Hall–Kier alpha value is -0.830. The molecule has 0 amide bonds. The van der Waals surface area contributed by atoms with Gasteiger partial charge in [0.2, 0.25) is 0 Å². The number of nitrogens with zero attached hydrogens (tertiary/aromatic N) is 1. The van der Waals surface area contributed by atoms with Gasteiger partial charge in [-0.15, -0.1) is 0 Å². The van der Waals surface area contributed by atoms with Crippen LogP contribution in [0.3, 0.4) is 0 Å². The number of carbonyl (C=O) groups is 1. The van der Waals surface area contributed by atoms with Gasteiger partial charge in [-0.3, -0.25) is 0 Å². The third-order valence-electron chi connectivity index (χ3n) is 2.43. The first-order valence-corrected chi connectivity index (χ1v) is 5.21. The van der Waals surface area contributed by atoms with Crippen LogP contribution >= 0.6 is 0 Å². The molecule has 0 aromatic carbocycles. The van der Waals surface area contributed by atoms with E-state index in [1.54, 1.807) is 0 Å². The van der Waals surface area contributed by atoms with Crippen molar-refractivity contribution < 1.29 is 9.53 Å². The summed E-state index contributed by atoms with van der Waals surface area (Å²) in [6.45, 7) is 5.13. The number of ether oxygens (including phenoxy) is 1. The van der Waals surface area contributed by atoms with Gasteiger partial charge in [-0.2, -0.15) is 0 Å². The summed E-state index contributed by atoms with van der Waals surface area (Å²) in [4.78, 5) is 12.7. The van der Waals surface area contributed by atoms with Gasteiger partial charge in [0.1, 0.15) is 0 Å². The summed E-state index contributed by atoms with van der Waals surface area (Å²) in [6.07, 6.45) is 5.25. The van der Waals surface area contributed by atoms with Crippen LogP contribution in [-0.4, -0.2) is 37.6 Å². The normalized spacial score (nSPS) is 22.1. The monoisotopic (exact) mass is 197 g/mol. The first kappa shape index (κ1) is 11.2. The van der Waals surface area contributed by atoms with Crippen LogP contribution in [0.25, 0.3) is 0 Å². The molecule has 0 bridgehead atoms. The lowest BCUT2D eigenvalue weighted by atomic mass is 10.2. The van der Waals surface area contributed by atoms with E-state index in [1.165, 1.54) is 32.0 Å². The van der Waals surface area contributed by atoms with Crippen molar-refractivity contribution in [3.05, 3.63) is 11.6 Å². The topological polar surface area (TPSA) is 29.5 Å². The van der Waals surface area contributed by atoms with Crippen molar-refractivity contribution in [2.75, 3.05) is 26.7 Å². The van der Waals surface area contributed by atoms with Crippen molar-refractivity contribution in [3.8, 4) is 0 Å². The van der Waals surface area contributed by atoms with Crippen LogP contribution in [0.4, 0.5) is 0 Å². The van der Waals surface area contributed by atoms with E-state index in [-0.39, 0.29) is 5.97 Å². The molecular weight excluding hydrogens is 178 g/mol. The molecule has 14 heavy (non-hydrogen) atoms. The third kappa shape index (κ3) is 4.42. The van der Waals surface area contributed by atoms with Crippen molar-refractivity contribution in [1.29, 1.82) is 0 Å². The van der Waals surface area contributed by atoms with Gasteiger partial charge in [-0.25, -0.2) is 4.79 Å². The Morgan fingerprint density at radius 2 is 2.00 bits per heavy atom. The highest BCUT2D eigenvalue weighted by Gasteiger charge is 2.05. The van der Waals surface area contributed by atoms with Crippen LogP contribution < -0.4 is 0 Å². The van der Waals surface area contributed by atoms with Crippen LogP contribution in [0.2, 0.25) is 0 Å². The SMILES string of the molecule is CC1=CC(=O)OCC1.CN1CCCC1. The van der Waals surface area contributed by atoms with E-state index in [9.17, 15) is 4.79 Å². The minimum atomic E-state index is -0.200. The Kier molecular flexibility index (Phi) is 4.66. The highest BCUT2D eigenvalue weighted by atomic mass is 16.5. The fourth-order valence-corrected chi connectivity index (χ4v) is 1.50. The van der Waals surface area contributed by atoms with Crippen molar-refractivity contribution in [2.24, 2.45) is 0 Å². The molecule has 1 saturated heterocycles. The fourth-order valence-electron chi connectivity index (χ4n) is 1.50. The molecule has 0 N–H and O–H groups in total. The fraction of sp³-hybridized carbons (Fsp3) is 0.727. The average molecular weight is 197 g/mol. The molecule has 2 aliphatic heterocycles. The third-order valence-corrected chi connectivity index (χ3v) is 2.43. The van der Waals surface area contributed by atoms with Crippen molar-refractivity contribution >= 4 is 5.97 Å². The molecule has 2 heterocycles. The van der Waals surface area contributed by atoms with Crippen molar-refractivity contribution in [2.45, 2.75) is 26.2 Å². The smallest absolute Gasteiger partial charge is 0.330 e. The predicted molar refractivity (Wildman–Crippen MR) is 56.1 cm³/mol. The molecule has 0 aromatic heterocycles. The average Bonchev–Trinajstić information content (AvgIpc) is 2.56. The number of hydrogen-bond acceptors (Lipinski definition) is 3. The van der Waals surface area contributed by atoms with Crippen molar-refractivity contribution in [3.63, 3.8) is 0 Å². The van der Waals surface area contributed by atoms with Gasteiger partial charge in [0.05, 0.1) is 6.61 Å². The van der Waals surface area contributed by atoms with Crippen LogP contribution in [0.5, 0.6) is 0 Å². The standard InChI is InChI=1S/C6H8O2.C5H11N/c1-5-2-3-8-6(7)4-5;1-6-4-2-3-5-6/h4H,2-3H2,1H3;2-5H2,1H3. The molecule has 3 heteroatoms. The molecule has 0 atom stereocenters. The van der Waals surface area contributed by atoms with Gasteiger partial charge >= 0.3 is 5.97 Å². The molecule has 0 unspecified atom stereocenters. The van der Waals surface area contributed by atoms with Gasteiger partial charge in [0.25, 0.3) is 0 Å². The van der Waals surface area contributed by atoms with E-state index in [1.807, 2.05) is 6.92 Å². The molecule has 0 aliphatic carbocycles. The molecule has 0 radical (unpaired) electrons. The van der Waals surface area contributed by atoms with E-state index in [2.05, 4.69) is 16.7 Å². The van der Waals surface area contributed by atoms with Gasteiger partial charge in [0, 0.05) is 12.5 Å². The summed E-state index contributed by atoms with van der Waals surface area (Å²) in [5.74, 6) is -0.200. The maximum Gasteiger partial charge on any atom is 0.330 e. The second-order valence-corrected chi connectivity index (χ2v) is 3.92. The van der Waals surface area contributed by atoms with Crippen molar-refractivity contribution in [1.82, 2.24) is 4.90 Å². The van der Waals surface area contributed by atoms with E-state index in [0.29, 0.717) is 6.61 Å². The first-order chi connectivity index (χ1) is 6.68. The maximum absolute atomic E-state index is 10.4. The zero-order valence-corrected chi connectivity index (χ0v) is 9.08. The van der Waals surface area contributed by atoms with Crippen LogP contribution in [-0.2, 0) is 9.53 Å². The Bertz CT molecular complexity index is 217. The molecule has 0 saturated carbocycles. The number of cyclic esters (lactones) is 1. The Morgan fingerprint density at radius 1 is 1.36 bits per heavy atom. The van der Waals surface area contributed by atoms with Gasteiger partial charge in [-0.1, -0.05) is 5.57 Å². The molecule has 1 fully saturated rings. The molecule has 2 rings (SSSR count). The van der Waals surface area contributed by atoms with E-state index in [4.69, 9.17) is 0 Å². The first-order valence-electron chi connectivity index (χ1n) is 5.21. The number of likely N-dealkylation sites (tertiary alicyclic amines) is 1. The van der Waals surface area contributed by atoms with Crippen LogP contribution in [0, 0.1) is 0 Å². The quantitative estimate of drug-likeness (QED) is 0.552. The highest BCUT2D eigenvalue weighted by molar-refractivity contribution is 5.83. The number of carbonyl (C=O) groups excluding carboxylic acids is 1. The largest absolute Gasteiger partial charge is 0.462 e. The second kappa shape index (κ2) is 5.81. The molecule has 0 spiro atoms. The summed E-state index contributed by atoms with van der Waals surface area (Å²) >= 11 is 0. The zero-order chi connectivity index (χ0) is 10.4. The Labute approximate surface area is 85.7 Å². The molecule has 2 aliphatic rings. The summed E-state index contributed by atoms with van der Waals surface area (Å²) in [5.41, 5.74) is 1.11. The molecule has 80 valence electrons. The lowest BCUT2D eigenvalue weighted by Crippen LogP contribution is -2.10. The number of rotatable bonds is 0. The van der Waals surface area contributed by atoms with E-state index in [0.717, 1.165) is 12.0 Å². The molecule has 0 aromatic rings. The second-order valence-electron chi connectivity index (χ2n) is 3.92. The highest BCUT2D eigenvalue weighted by Crippen LogP contribution is 2.05. The van der Waals surface area contributed by atoms with Crippen LogP contribution in [0.1, 0.15) is 26.2 Å². The summed E-state index contributed by atoms with van der Waals surface area (Å²) in [7, 11) is 2.17. The number of esters is 1. The summed E-state index contributed by atoms with van der Waals surface area (Å²) in [5, 5.41) is 0. The van der Waals surface area contributed by atoms with E-state index >= 15 is 0 Å².